The molecule has 8 nitrogen and oxygen atoms in total. The average molecular weight is 602 g/mol. The normalized spacial score (nSPS) is 42.7. The van der Waals surface area contributed by atoms with Crippen molar-refractivity contribution in [3.63, 3.8) is 0 Å². The van der Waals surface area contributed by atoms with Crippen LogP contribution in [-0.2, 0) is 18.7 Å². The first-order valence-corrected chi connectivity index (χ1v) is 15.7. The molecule has 0 radical (unpaired) electrons. The SMILES string of the molecule is C=C[C@@]1(C)CC(=O)[C@]2(O)[C@]3(C)[C@@H]([C@H](O)[C@H](OC(=O)Nc4ccccc4)[C@@]2(C)O1)C(C)(C)CC(C)(C)[C@@]3(O[SiH3])C(C)(C)C. The molecule has 1 aromatic rings. The van der Waals surface area contributed by atoms with Gasteiger partial charge in [0.1, 0.15) is 16.1 Å². The van der Waals surface area contributed by atoms with E-state index in [9.17, 15) is 19.8 Å². The summed E-state index contributed by atoms with van der Waals surface area (Å²) < 4.78 is 19.6. The Balaban J connectivity index is 2.04. The molecule has 1 heterocycles. The highest BCUT2D eigenvalue weighted by atomic mass is 28.2. The lowest BCUT2D eigenvalue weighted by molar-refractivity contribution is -0.408. The number of Topliss-reactive ketones (excluding diaryl/α,β-unsaturated/α-hetero) is 1. The molecule has 1 aromatic carbocycles. The number of carbonyl (C=O) groups is 2. The molecule has 234 valence electrons. The van der Waals surface area contributed by atoms with Gasteiger partial charge in [0.05, 0.1) is 17.3 Å². The van der Waals surface area contributed by atoms with Gasteiger partial charge in [0, 0.05) is 23.4 Å². The van der Waals surface area contributed by atoms with E-state index < -0.39 is 74.1 Å². The number of fused-ring (bicyclic) bond motifs is 3. The Morgan fingerprint density at radius 2 is 1.69 bits per heavy atom. The van der Waals surface area contributed by atoms with Gasteiger partial charge < -0.3 is 24.1 Å². The standard InChI is InChI=1S/C33H51NO7Si/c1-12-29(9)18-21(35)32(38)30(10)23(27(5,6)19-28(7,8)33(30,41-42)26(2,3)4)22(36)24(31(32,11)40-29)39-25(37)34-20-16-14-13-15-17-20/h12-17,22-24,36,38H,1,18-19H2,2-11,42H3,(H,34,37)/t22-,23-,24-,29-,30-,31+,32-,33-/m0/s1. The summed E-state index contributed by atoms with van der Waals surface area (Å²) in [5.74, 6) is -1.17. The molecule has 0 unspecified atom stereocenters. The summed E-state index contributed by atoms with van der Waals surface area (Å²) in [4.78, 5) is 28.1. The second-order valence-corrected chi connectivity index (χ2v) is 16.1. The third-order valence-electron chi connectivity index (χ3n) is 11.1. The van der Waals surface area contributed by atoms with E-state index in [0.29, 0.717) is 22.6 Å². The zero-order valence-corrected chi connectivity index (χ0v) is 29.3. The summed E-state index contributed by atoms with van der Waals surface area (Å²) >= 11 is 0. The molecule has 4 rings (SSSR count). The molecule has 0 bridgehead atoms. The van der Waals surface area contributed by atoms with Gasteiger partial charge in [-0.1, -0.05) is 79.7 Å². The van der Waals surface area contributed by atoms with E-state index in [4.69, 9.17) is 13.9 Å². The zero-order chi connectivity index (χ0) is 31.9. The zero-order valence-electron chi connectivity index (χ0n) is 27.3. The number of anilines is 1. The summed E-state index contributed by atoms with van der Waals surface area (Å²) in [6.07, 6.45) is -1.51. The molecule has 42 heavy (non-hydrogen) atoms. The highest BCUT2D eigenvalue weighted by Gasteiger charge is 2.87. The maximum Gasteiger partial charge on any atom is 0.412 e. The van der Waals surface area contributed by atoms with Crippen LogP contribution in [0.4, 0.5) is 10.5 Å². The first-order valence-electron chi connectivity index (χ1n) is 14.9. The number of hydrogen-bond acceptors (Lipinski definition) is 7. The average Bonchev–Trinajstić information content (AvgIpc) is 2.83. The van der Waals surface area contributed by atoms with Crippen molar-refractivity contribution in [1.82, 2.24) is 0 Å². The number of ether oxygens (including phenoxy) is 2. The number of rotatable bonds is 4. The Morgan fingerprint density at radius 3 is 2.19 bits per heavy atom. The Hall–Kier alpha value is -2.04. The molecular weight excluding hydrogens is 550 g/mol. The van der Waals surface area contributed by atoms with Crippen LogP contribution in [0.25, 0.3) is 0 Å². The lowest BCUT2D eigenvalue weighted by atomic mass is 9.30. The number of benzene rings is 1. The highest BCUT2D eigenvalue weighted by Crippen LogP contribution is 2.76. The van der Waals surface area contributed by atoms with E-state index >= 15 is 0 Å². The van der Waals surface area contributed by atoms with Crippen LogP contribution in [0.1, 0.15) is 82.1 Å². The maximum atomic E-state index is 14.7. The van der Waals surface area contributed by atoms with E-state index in [0.717, 1.165) is 0 Å². The smallest absolute Gasteiger partial charge is 0.412 e. The molecule has 0 spiro atoms. The third kappa shape index (κ3) is 3.99. The maximum absolute atomic E-state index is 14.7. The van der Waals surface area contributed by atoms with Crippen molar-refractivity contribution in [2.75, 3.05) is 5.32 Å². The lowest BCUT2D eigenvalue weighted by Gasteiger charge is -2.79. The molecule has 2 aliphatic carbocycles. The van der Waals surface area contributed by atoms with E-state index in [1.165, 1.54) is 6.08 Å². The summed E-state index contributed by atoms with van der Waals surface area (Å²) in [5.41, 5.74) is -8.98. The Bertz CT molecular complexity index is 1260. The van der Waals surface area contributed by atoms with Crippen molar-refractivity contribution < 1.29 is 33.7 Å². The van der Waals surface area contributed by atoms with Gasteiger partial charge in [0.15, 0.2) is 17.5 Å². The molecule has 1 aliphatic heterocycles. The Morgan fingerprint density at radius 1 is 1.12 bits per heavy atom. The fourth-order valence-corrected chi connectivity index (χ4v) is 12.5. The van der Waals surface area contributed by atoms with E-state index in [-0.39, 0.29) is 6.42 Å². The summed E-state index contributed by atoms with van der Waals surface area (Å²) in [5, 5.41) is 28.6. The highest BCUT2D eigenvalue weighted by molar-refractivity contribution is 5.99. The topological polar surface area (TPSA) is 114 Å². The van der Waals surface area contributed by atoms with Crippen LogP contribution in [0.3, 0.4) is 0 Å². The van der Waals surface area contributed by atoms with Gasteiger partial charge in [-0.2, -0.15) is 0 Å². The van der Waals surface area contributed by atoms with Crippen LogP contribution in [0.2, 0.25) is 0 Å². The van der Waals surface area contributed by atoms with Crippen molar-refractivity contribution in [2.45, 2.75) is 117 Å². The summed E-state index contributed by atoms with van der Waals surface area (Å²) in [6, 6.07) is 8.82. The van der Waals surface area contributed by atoms with Crippen molar-refractivity contribution in [3.8, 4) is 0 Å². The number of carbonyl (C=O) groups excluding carboxylic acids is 2. The number of hydrogen-bond donors (Lipinski definition) is 3. The molecule has 1 saturated heterocycles. The predicted molar refractivity (Wildman–Crippen MR) is 166 cm³/mol. The summed E-state index contributed by atoms with van der Waals surface area (Å²) in [7, 11) is 0.319. The number of aliphatic hydroxyl groups is 2. The van der Waals surface area contributed by atoms with Gasteiger partial charge >= 0.3 is 6.09 Å². The van der Waals surface area contributed by atoms with E-state index in [1.807, 2.05) is 13.0 Å². The van der Waals surface area contributed by atoms with Crippen LogP contribution in [0.15, 0.2) is 43.0 Å². The number of para-hydroxylation sites is 1. The van der Waals surface area contributed by atoms with Crippen LogP contribution >= 0.6 is 0 Å². The number of ketones is 1. The van der Waals surface area contributed by atoms with Crippen molar-refractivity contribution in [3.05, 3.63) is 43.0 Å². The molecule has 3 N–H and O–H groups in total. The second kappa shape index (κ2) is 9.73. The minimum absolute atomic E-state index is 0.133. The van der Waals surface area contributed by atoms with Gasteiger partial charge in [-0.25, -0.2) is 4.79 Å². The molecule has 3 fully saturated rings. The number of amides is 1. The minimum Gasteiger partial charge on any atom is -0.440 e. The molecular formula is C33H51NO7Si. The minimum atomic E-state index is -2.23. The van der Waals surface area contributed by atoms with Crippen molar-refractivity contribution in [1.29, 1.82) is 0 Å². The van der Waals surface area contributed by atoms with Gasteiger partial charge in [-0.3, -0.25) is 10.1 Å². The molecule has 2 saturated carbocycles. The molecule has 3 aliphatic rings. The van der Waals surface area contributed by atoms with Gasteiger partial charge in [-0.15, -0.1) is 6.58 Å². The quantitative estimate of drug-likeness (QED) is 0.342. The molecule has 1 amide bonds. The fraction of sp³-hybridized carbons (Fsp3) is 0.697. The largest absolute Gasteiger partial charge is 0.440 e. The first-order chi connectivity index (χ1) is 19.1. The molecule has 9 heteroatoms. The van der Waals surface area contributed by atoms with E-state index in [1.54, 1.807) is 38.1 Å². The molecule has 8 atom stereocenters. The third-order valence-corrected chi connectivity index (χ3v) is 11.7. The predicted octanol–water partition coefficient (Wildman–Crippen LogP) is 4.56. The second-order valence-electron chi connectivity index (χ2n) is 15.7. The number of nitrogens with one attached hydrogen (secondary N) is 1. The Labute approximate surface area is 254 Å². The van der Waals surface area contributed by atoms with E-state index in [2.05, 4.69) is 60.4 Å². The lowest BCUT2D eigenvalue weighted by Crippen LogP contribution is -2.91. The van der Waals surface area contributed by atoms with Crippen molar-refractivity contribution >= 4 is 28.0 Å². The first kappa shape index (κ1) is 32.9. The fourth-order valence-electron chi connectivity index (χ4n) is 10.9. The number of aliphatic hydroxyl groups excluding tert-OH is 1. The van der Waals surface area contributed by atoms with Crippen LogP contribution in [-0.4, -0.2) is 67.2 Å². The molecule has 0 aromatic heterocycles. The van der Waals surface area contributed by atoms with Crippen molar-refractivity contribution in [2.24, 2.45) is 27.6 Å². The van der Waals surface area contributed by atoms with Gasteiger partial charge in [0.25, 0.3) is 0 Å². The van der Waals surface area contributed by atoms with Gasteiger partial charge in [-0.05, 0) is 48.6 Å². The summed E-state index contributed by atoms with van der Waals surface area (Å²) in [6.45, 7) is 23.7. The van der Waals surface area contributed by atoms with Crippen LogP contribution < -0.4 is 5.32 Å². The monoisotopic (exact) mass is 601 g/mol. The Kier molecular flexibility index (Phi) is 7.61. The van der Waals surface area contributed by atoms with Crippen LogP contribution in [0.5, 0.6) is 0 Å². The van der Waals surface area contributed by atoms with Crippen LogP contribution in [0, 0.1) is 27.6 Å². The van der Waals surface area contributed by atoms with Gasteiger partial charge in [0.2, 0.25) is 0 Å².